The fourth-order valence-corrected chi connectivity index (χ4v) is 2.63. The van der Waals surface area contributed by atoms with Crippen molar-refractivity contribution < 1.29 is 9.59 Å². The average molecular weight is 380 g/mol. The van der Waals surface area contributed by atoms with Crippen molar-refractivity contribution in [3.05, 3.63) is 88.7 Å². The summed E-state index contributed by atoms with van der Waals surface area (Å²) in [5.74, 6) is -0.231. The second-order valence-corrected chi connectivity index (χ2v) is 6.47. The van der Waals surface area contributed by atoms with Gasteiger partial charge in [-0.3, -0.25) is 14.6 Å². The van der Waals surface area contributed by atoms with Gasteiger partial charge < -0.3 is 10.6 Å². The summed E-state index contributed by atoms with van der Waals surface area (Å²) in [7, 11) is 0. The molecule has 0 bridgehead atoms. The summed E-state index contributed by atoms with van der Waals surface area (Å²) in [5.41, 5.74) is 3.43. The summed E-state index contributed by atoms with van der Waals surface area (Å²) in [4.78, 5) is 28.0. The van der Waals surface area contributed by atoms with Gasteiger partial charge in [-0.2, -0.15) is 0 Å². The number of anilines is 2. The van der Waals surface area contributed by atoms with Crippen molar-refractivity contribution in [2.24, 2.45) is 0 Å². The zero-order valence-electron chi connectivity index (χ0n) is 14.7. The highest BCUT2D eigenvalue weighted by Gasteiger charge is 2.08. The molecule has 2 N–H and O–H groups in total. The standard InChI is InChI=1S/C21H18ClN3O2/c1-14(26)16-3-2-4-19(9-16)25-20-10-17(12-23-13-20)21(27)24-11-15-5-7-18(22)8-6-15/h2-10,12-13,25H,11H2,1H3,(H,24,27). The molecule has 136 valence electrons. The summed E-state index contributed by atoms with van der Waals surface area (Å²) in [6, 6.07) is 16.2. The minimum Gasteiger partial charge on any atom is -0.354 e. The lowest BCUT2D eigenvalue weighted by atomic mass is 10.1. The van der Waals surface area contributed by atoms with E-state index >= 15 is 0 Å². The number of benzene rings is 2. The van der Waals surface area contributed by atoms with E-state index in [4.69, 9.17) is 11.6 Å². The maximum absolute atomic E-state index is 12.4. The molecule has 0 saturated heterocycles. The smallest absolute Gasteiger partial charge is 0.253 e. The van der Waals surface area contributed by atoms with Crippen LogP contribution in [0.2, 0.25) is 5.02 Å². The third kappa shape index (κ3) is 5.15. The van der Waals surface area contributed by atoms with Crippen LogP contribution in [0.1, 0.15) is 33.2 Å². The zero-order valence-corrected chi connectivity index (χ0v) is 15.5. The quantitative estimate of drug-likeness (QED) is 0.613. The van der Waals surface area contributed by atoms with Gasteiger partial charge in [-0.05, 0) is 42.8 Å². The van der Waals surface area contributed by atoms with Crippen molar-refractivity contribution in [3.63, 3.8) is 0 Å². The van der Waals surface area contributed by atoms with Gasteiger partial charge in [0.1, 0.15) is 0 Å². The SMILES string of the molecule is CC(=O)c1cccc(Nc2cncc(C(=O)NCc3ccc(Cl)cc3)c2)c1. The van der Waals surface area contributed by atoms with Gasteiger partial charge >= 0.3 is 0 Å². The van der Waals surface area contributed by atoms with Gasteiger partial charge in [-0.25, -0.2) is 0 Å². The molecule has 0 aliphatic carbocycles. The van der Waals surface area contributed by atoms with Crippen LogP contribution in [0, 0.1) is 0 Å². The molecule has 0 aliphatic rings. The number of amides is 1. The Bertz CT molecular complexity index is 971. The number of carbonyl (C=O) groups excluding carboxylic acids is 2. The van der Waals surface area contributed by atoms with Gasteiger partial charge in [0, 0.05) is 29.0 Å². The first kappa shape index (κ1) is 18.6. The molecule has 0 radical (unpaired) electrons. The predicted molar refractivity (Wildman–Crippen MR) is 107 cm³/mol. The van der Waals surface area contributed by atoms with Crippen molar-refractivity contribution in [2.45, 2.75) is 13.5 Å². The molecule has 3 rings (SSSR count). The topological polar surface area (TPSA) is 71.1 Å². The number of nitrogens with one attached hydrogen (secondary N) is 2. The minimum atomic E-state index is -0.224. The number of aromatic nitrogens is 1. The molecule has 0 fully saturated rings. The first-order valence-corrected chi connectivity index (χ1v) is 8.75. The first-order chi connectivity index (χ1) is 13.0. The number of Topliss-reactive ketones (excluding diaryl/α,β-unsaturated/α-hetero) is 1. The molecule has 0 unspecified atom stereocenters. The van der Waals surface area contributed by atoms with E-state index in [2.05, 4.69) is 15.6 Å². The highest BCUT2D eigenvalue weighted by atomic mass is 35.5. The summed E-state index contributed by atoms with van der Waals surface area (Å²) in [6.07, 6.45) is 3.13. The van der Waals surface area contributed by atoms with E-state index in [1.165, 1.54) is 13.1 Å². The number of nitrogens with zero attached hydrogens (tertiary/aromatic N) is 1. The fraction of sp³-hybridized carbons (Fsp3) is 0.0952. The molecule has 1 aromatic heterocycles. The van der Waals surface area contributed by atoms with Crippen LogP contribution in [0.4, 0.5) is 11.4 Å². The van der Waals surface area contributed by atoms with Gasteiger partial charge in [-0.1, -0.05) is 35.9 Å². The van der Waals surface area contributed by atoms with Crippen LogP contribution in [0.5, 0.6) is 0 Å². The number of pyridine rings is 1. The van der Waals surface area contributed by atoms with Crippen molar-refractivity contribution in [1.29, 1.82) is 0 Å². The van der Waals surface area contributed by atoms with Crippen LogP contribution in [0.15, 0.2) is 67.0 Å². The van der Waals surface area contributed by atoms with Crippen LogP contribution in [0.25, 0.3) is 0 Å². The number of hydrogen-bond acceptors (Lipinski definition) is 4. The molecule has 27 heavy (non-hydrogen) atoms. The number of rotatable bonds is 6. The molecule has 0 atom stereocenters. The Morgan fingerprint density at radius 3 is 2.44 bits per heavy atom. The first-order valence-electron chi connectivity index (χ1n) is 8.37. The molecule has 1 amide bonds. The number of halogens is 1. The third-order valence-corrected chi connectivity index (χ3v) is 4.18. The summed E-state index contributed by atoms with van der Waals surface area (Å²) in [5, 5.41) is 6.67. The number of carbonyl (C=O) groups is 2. The van der Waals surface area contributed by atoms with Gasteiger partial charge in [0.25, 0.3) is 5.91 Å². The lowest BCUT2D eigenvalue weighted by Gasteiger charge is -2.09. The van der Waals surface area contributed by atoms with Gasteiger partial charge in [0.05, 0.1) is 17.4 Å². The highest BCUT2D eigenvalue weighted by Crippen LogP contribution is 2.18. The second kappa shape index (κ2) is 8.47. The summed E-state index contributed by atoms with van der Waals surface area (Å²) < 4.78 is 0. The molecule has 0 aliphatic heterocycles. The van der Waals surface area contributed by atoms with Crippen LogP contribution >= 0.6 is 11.6 Å². The summed E-state index contributed by atoms with van der Waals surface area (Å²) in [6.45, 7) is 1.92. The normalized spacial score (nSPS) is 10.3. The van der Waals surface area contributed by atoms with E-state index in [0.29, 0.717) is 28.4 Å². The van der Waals surface area contributed by atoms with Crippen molar-refractivity contribution in [1.82, 2.24) is 10.3 Å². The average Bonchev–Trinajstić information content (AvgIpc) is 2.67. The molecular formula is C21H18ClN3O2. The van der Waals surface area contributed by atoms with E-state index in [9.17, 15) is 9.59 Å². The Balaban J connectivity index is 1.67. The van der Waals surface area contributed by atoms with Crippen molar-refractivity contribution in [2.75, 3.05) is 5.32 Å². The van der Waals surface area contributed by atoms with Crippen LogP contribution in [0.3, 0.4) is 0 Å². The van der Waals surface area contributed by atoms with Crippen molar-refractivity contribution >= 4 is 34.7 Å². The predicted octanol–water partition coefficient (Wildman–Crippen LogP) is 4.61. The Hall–Kier alpha value is -3.18. The van der Waals surface area contributed by atoms with E-state index in [1.807, 2.05) is 18.2 Å². The monoisotopic (exact) mass is 379 g/mol. The van der Waals surface area contributed by atoms with Crippen LogP contribution < -0.4 is 10.6 Å². The molecule has 6 heteroatoms. The highest BCUT2D eigenvalue weighted by molar-refractivity contribution is 6.30. The van der Waals surface area contributed by atoms with E-state index in [-0.39, 0.29) is 11.7 Å². The molecule has 3 aromatic rings. The molecular weight excluding hydrogens is 362 g/mol. The molecule has 2 aromatic carbocycles. The van der Waals surface area contributed by atoms with Crippen molar-refractivity contribution in [3.8, 4) is 0 Å². The van der Waals surface area contributed by atoms with Crippen LogP contribution in [-0.2, 0) is 6.54 Å². The largest absolute Gasteiger partial charge is 0.354 e. The fourth-order valence-electron chi connectivity index (χ4n) is 2.50. The van der Waals surface area contributed by atoms with Gasteiger partial charge in [0.15, 0.2) is 5.78 Å². The van der Waals surface area contributed by atoms with Gasteiger partial charge in [0.2, 0.25) is 0 Å². The Labute approximate surface area is 162 Å². The molecule has 0 saturated carbocycles. The zero-order chi connectivity index (χ0) is 19.2. The molecule has 5 nitrogen and oxygen atoms in total. The Morgan fingerprint density at radius 2 is 1.70 bits per heavy atom. The lowest BCUT2D eigenvalue weighted by molar-refractivity contribution is 0.0949. The Kier molecular flexibility index (Phi) is 5.84. The van der Waals surface area contributed by atoms with E-state index in [0.717, 1.165) is 11.3 Å². The minimum absolute atomic E-state index is 0.00731. The number of ketones is 1. The van der Waals surface area contributed by atoms with Crippen LogP contribution in [-0.4, -0.2) is 16.7 Å². The van der Waals surface area contributed by atoms with E-state index < -0.39 is 0 Å². The third-order valence-electron chi connectivity index (χ3n) is 3.92. The second-order valence-electron chi connectivity index (χ2n) is 6.03. The van der Waals surface area contributed by atoms with Gasteiger partial charge in [-0.15, -0.1) is 0 Å². The molecule has 1 heterocycles. The summed E-state index contributed by atoms with van der Waals surface area (Å²) >= 11 is 5.86. The molecule has 0 spiro atoms. The maximum atomic E-state index is 12.4. The maximum Gasteiger partial charge on any atom is 0.253 e. The Morgan fingerprint density at radius 1 is 0.963 bits per heavy atom. The number of hydrogen-bond donors (Lipinski definition) is 2. The lowest BCUT2D eigenvalue weighted by Crippen LogP contribution is -2.23. The van der Waals surface area contributed by atoms with E-state index in [1.54, 1.807) is 42.6 Å².